The summed E-state index contributed by atoms with van der Waals surface area (Å²) in [4.78, 5) is 15.5. The van der Waals surface area contributed by atoms with E-state index in [1.165, 1.54) is 31.0 Å². The van der Waals surface area contributed by atoms with Crippen molar-refractivity contribution in [2.45, 2.75) is 11.4 Å². The number of phenolic OH excluding ortho intramolecular Hbond substituents is 1. The highest BCUT2D eigenvalue weighted by atomic mass is 32.2. The van der Waals surface area contributed by atoms with Crippen molar-refractivity contribution >= 4 is 23.1 Å². The van der Waals surface area contributed by atoms with E-state index in [2.05, 4.69) is 20.5 Å². The number of thioether (sulfide) groups is 1. The van der Waals surface area contributed by atoms with Crippen LogP contribution < -0.4 is 14.8 Å². The number of para-hydroxylation sites is 1. The van der Waals surface area contributed by atoms with Crippen molar-refractivity contribution in [2.24, 2.45) is 0 Å². The molecule has 0 bridgehead atoms. The molecule has 0 saturated carbocycles. The van der Waals surface area contributed by atoms with Crippen LogP contribution in [0.2, 0.25) is 0 Å². The van der Waals surface area contributed by atoms with Gasteiger partial charge in [0, 0.05) is 11.3 Å². The molecule has 2 heterocycles. The molecule has 11 heteroatoms. The van der Waals surface area contributed by atoms with Gasteiger partial charge >= 0.3 is 5.69 Å². The minimum absolute atomic E-state index is 0.164. The van der Waals surface area contributed by atoms with Crippen molar-refractivity contribution in [1.82, 2.24) is 15.2 Å². The number of hydrogen-bond donors (Lipinski definition) is 2. The zero-order valence-corrected chi connectivity index (χ0v) is 16.1. The first-order valence-electron chi connectivity index (χ1n) is 8.39. The second-order valence-corrected chi connectivity index (χ2v) is 6.73. The number of nitro benzene ring substituents is 1. The molecule has 0 spiro atoms. The summed E-state index contributed by atoms with van der Waals surface area (Å²) in [5, 5.41) is 33.6. The van der Waals surface area contributed by atoms with Gasteiger partial charge in [0.15, 0.2) is 11.4 Å². The van der Waals surface area contributed by atoms with Crippen molar-refractivity contribution in [2.75, 3.05) is 18.7 Å². The van der Waals surface area contributed by atoms with E-state index in [1.807, 2.05) is 18.2 Å². The molecule has 0 fully saturated rings. The maximum atomic E-state index is 11.8. The molecule has 2 N–H and O–H groups in total. The van der Waals surface area contributed by atoms with Gasteiger partial charge in [-0.05, 0) is 24.5 Å². The van der Waals surface area contributed by atoms with E-state index in [4.69, 9.17) is 9.47 Å². The van der Waals surface area contributed by atoms with Gasteiger partial charge in [0.1, 0.15) is 0 Å². The van der Waals surface area contributed by atoms with Crippen molar-refractivity contribution < 1.29 is 19.5 Å². The summed E-state index contributed by atoms with van der Waals surface area (Å²) in [5.74, 6) is -0.402. The number of ether oxygens (including phenoxy) is 2. The molecule has 10 nitrogen and oxygen atoms in total. The number of anilines is 1. The van der Waals surface area contributed by atoms with Crippen LogP contribution in [0.25, 0.3) is 11.3 Å². The van der Waals surface area contributed by atoms with E-state index < -0.39 is 16.8 Å². The molecule has 4 rings (SSSR count). The van der Waals surface area contributed by atoms with Gasteiger partial charge < -0.3 is 19.9 Å². The Labute approximate surface area is 169 Å². The SMILES string of the molecule is COc1c(O)ccc([C@@H]2Nc3ccccc3-c3nnc(SC)nc3O2)c1[N+](=O)[O-]. The third-order valence-electron chi connectivity index (χ3n) is 4.33. The van der Waals surface area contributed by atoms with Crippen molar-refractivity contribution in [3.05, 3.63) is 52.1 Å². The third kappa shape index (κ3) is 3.25. The number of benzene rings is 2. The average Bonchev–Trinajstić information content (AvgIpc) is 2.89. The molecule has 29 heavy (non-hydrogen) atoms. The van der Waals surface area contributed by atoms with Crippen LogP contribution in [-0.2, 0) is 0 Å². The van der Waals surface area contributed by atoms with Crippen molar-refractivity contribution in [1.29, 1.82) is 0 Å². The lowest BCUT2D eigenvalue weighted by Gasteiger charge is -2.20. The average molecular weight is 413 g/mol. The number of aromatic hydroxyl groups is 1. The number of aromatic nitrogens is 3. The van der Waals surface area contributed by atoms with E-state index in [0.29, 0.717) is 22.1 Å². The zero-order chi connectivity index (χ0) is 20.5. The fourth-order valence-corrected chi connectivity index (χ4v) is 3.35. The molecule has 2 aromatic carbocycles. The number of phenols is 1. The first-order valence-corrected chi connectivity index (χ1v) is 9.61. The molecule has 1 aliphatic rings. The monoisotopic (exact) mass is 413 g/mol. The largest absolute Gasteiger partial charge is 0.504 e. The third-order valence-corrected chi connectivity index (χ3v) is 4.87. The Morgan fingerprint density at radius 1 is 1.28 bits per heavy atom. The maximum absolute atomic E-state index is 11.8. The Bertz CT molecular complexity index is 1110. The van der Waals surface area contributed by atoms with Gasteiger partial charge in [-0.15, -0.1) is 10.2 Å². The Kier molecular flexibility index (Phi) is 4.80. The number of nitrogens with one attached hydrogen (secondary N) is 1. The molecule has 1 aliphatic heterocycles. The molecule has 148 valence electrons. The minimum Gasteiger partial charge on any atom is -0.504 e. The molecule has 0 saturated heterocycles. The van der Waals surface area contributed by atoms with E-state index in [1.54, 1.807) is 12.3 Å². The van der Waals surface area contributed by atoms with Crippen LogP contribution in [-0.4, -0.2) is 38.6 Å². The summed E-state index contributed by atoms with van der Waals surface area (Å²) in [6, 6.07) is 10.0. The highest BCUT2D eigenvalue weighted by Gasteiger charge is 2.34. The predicted molar refractivity (Wildman–Crippen MR) is 105 cm³/mol. The quantitative estimate of drug-likeness (QED) is 0.372. The van der Waals surface area contributed by atoms with E-state index in [-0.39, 0.29) is 22.9 Å². The highest BCUT2D eigenvalue weighted by molar-refractivity contribution is 7.98. The number of fused-ring (bicyclic) bond motifs is 3. The molecular weight excluding hydrogens is 398 g/mol. The summed E-state index contributed by atoms with van der Waals surface area (Å²) >= 11 is 1.30. The normalized spacial score (nSPS) is 14.6. The standard InChI is InChI=1S/C18H15N5O5S/c1-27-15-12(24)8-7-10(14(15)23(25)26)16-19-11-6-4-3-5-9(11)13-17(28-16)20-18(29-2)22-21-13/h3-8,16,19,24H,1-2H3/t16-/m1/s1. The Balaban J connectivity index is 1.92. The fraction of sp³-hybridized carbons (Fsp3) is 0.167. The van der Waals surface area contributed by atoms with Crippen LogP contribution in [0.1, 0.15) is 11.8 Å². The summed E-state index contributed by atoms with van der Waals surface area (Å²) < 4.78 is 11.1. The number of rotatable bonds is 4. The summed E-state index contributed by atoms with van der Waals surface area (Å²) in [7, 11) is 1.25. The van der Waals surface area contributed by atoms with E-state index in [9.17, 15) is 15.2 Å². The second-order valence-electron chi connectivity index (χ2n) is 5.95. The second kappa shape index (κ2) is 7.43. The molecule has 0 aliphatic carbocycles. The molecule has 3 aromatic rings. The smallest absolute Gasteiger partial charge is 0.323 e. The number of hydrogen-bond acceptors (Lipinski definition) is 10. The van der Waals surface area contributed by atoms with E-state index in [0.717, 1.165) is 0 Å². The zero-order valence-electron chi connectivity index (χ0n) is 15.3. The van der Waals surface area contributed by atoms with Gasteiger partial charge in [0.05, 0.1) is 17.6 Å². The fourth-order valence-electron chi connectivity index (χ4n) is 3.05. The maximum Gasteiger partial charge on any atom is 0.323 e. The van der Waals surface area contributed by atoms with Gasteiger partial charge in [0.2, 0.25) is 23.0 Å². The molecular formula is C18H15N5O5S. The van der Waals surface area contributed by atoms with Crippen molar-refractivity contribution in [3.63, 3.8) is 0 Å². The summed E-state index contributed by atoms with van der Waals surface area (Å²) in [6.07, 6.45) is 0.818. The van der Waals surface area contributed by atoms with Gasteiger partial charge in [-0.2, -0.15) is 4.98 Å². The van der Waals surface area contributed by atoms with Crippen LogP contribution in [0.3, 0.4) is 0 Å². The molecule has 1 aromatic heterocycles. The lowest BCUT2D eigenvalue weighted by molar-refractivity contribution is -0.387. The topological polar surface area (TPSA) is 133 Å². The first kappa shape index (κ1) is 18.7. The van der Waals surface area contributed by atoms with Crippen LogP contribution >= 0.6 is 11.8 Å². The van der Waals surface area contributed by atoms with Crippen LogP contribution in [0.15, 0.2) is 41.6 Å². The highest BCUT2D eigenvalue weighted by Crippen LogP contribution is 2.45. The predicted octanol–water partition coefficient (Wildman–Crippen LogP) is 3.39. The first-order chi connectivity index (χ1) is 14.0. The van der Waals surface area contributed by atoms with Gasteiger partial charge in [-0.25, -0.2) is 0 Å². The summed E-state index contributed by atoms with van der Waals surface area (Å²) in [5.41, 5.74) is 1.52. The van der Waals surface area contributed by atoms with Crippen LogP contribution in [0, 0.1) is 10.1 Å². The molecule has 0 amide bonds. The Morgan fingerprint density at radius 3 is 2.79 bits per heavy atom. The minimum atomic E-state index is -0.987. The Hall–Kier alpha value is -3.60. The van der Waals surface area contributed by atoms with Gasteiger partial charge in [0.25, 0.3) is 0 Å². The summed E-state index contributed by atoms with van der Waals surface area (Å²) in [6.45, 7) is 0. The van der Waals surface area contributed by atoms with Gasteiger partial charge in [-0.3, -0.25) is 10.1 Å². The number of nitrogens with zero attached hydrogens (tertiary/aromatic N) is 4. The lowest BCUT2D eigenvalue weighted by atomic mass is 10.1. The Morgan fingerprint density at radius 2 is 2.07 bits per heavy atom. The van der Waals surface area contributed by atoms with Crippen LogP contribution in [0.4, 0.5) is 11.4 Å². The number of methoxy groups -OCH3 is 1. The molecule has 1 atom stereocenters. The van der Waals surface area contributed by atoms with Crippen LogP contribution in [0.5, 0.6) is 17.4 Å². The number of nitro groups is 1. The molecule has 0 unspecified atom stereocenters. The lowest BCUT2D eigenvalue weighted by Crippen LogP contribution is -2.19. The van der Waals surface area contributed by atoms with Crippen molar-refractivity contribution in [3.8, 4) is 28.6 Å². The van der Waals surface area contributed by atoms with E-state index >= 15 is 0 Å². The molecule has 0 radical (unpaired) electrons. The van der Waals surface area contributed by atoms with Gasteiger partial charge in [-0.1, -0.05) is 30.0 Å².